The van der Waals surface area contributed by atoms with Gasteiger partial charge in [0.1, 0.15) is 6.04 Å². The van der Waals surface area contributed by atoms with Gasteiger partial charge in [0.15, 0.2) is 0 Å². The predicted octanol–water partition coefficient (Wildman–Crippen LogP) is 0.147. The topological polar surface area (TPSA) is 75.8 Å². The number of methoxy groups -OCH3 is 1. The van der Waals surface area contributed by atoms with Crippen LogP contribution in [0.1, 0.15) is 19.8 Å². The number of carboxylic acid groups (broad SMARTS) is 1. The molecule has 0 aliphatic carbocycles. The van der Waals surface area contributed by atoms with Gasteiger partial charge in [0.05, 0.1) is 6.61 Å². The van der Waals surface area contributed by atoms with Gasteiger partial charge in [-0.25, -0.2) is 0 Å². The van der Waals surface area contributed by atoms with Crippen molar-refractivity contribution >= 4 is 5.97 Å². The third-order valence-corrected chi connectivity index (χ3v) is 2.23. The second kappa shape index (κ2) is 8.64. The summed E-state index contributed by atoms with van der Waals surface area (Å²) in [5.74, 6) is -0.932. The second-order valence-electron chi connectivity index (χ2n) is 3.57. The molecule has 0 fully saturated rings. The standard InChI is InChI=1S/C10H22N2O3/c1-3-5-12(7-8-15-2)6-4-9(11)10(13)14/h9H,3-8,11H2,1-2H3,(H,13,14). The van der Waals surface area contributed by atoms with Crippen molar-refractivity contribution in [1.82, 2.24) is 4.90 Å². The van der Waals surface area contributed by atoms with Gasteiger partial charge in [0, 0.05) is 20.2 Å². The summed E-state index contributed by atoms with van der Waals surface area (Å²) in [5, 5.41) is 8.63. The zero-order valence-electron chi connectivity index (χ0n) is 9.61. The Hall–Kier alpha value is -0.650. The SMILES string of the molecule is CCCN(CCOC)CCC(N)C(=O)O. The average molecular weight is 218 g/mol. The second-order valence-corrected chi connectivity index (χ2v) is 3.57. The molecule has 0 heterocycles. The van der Waals surface area contributed by atoms with E-state index in [1.54, 1.807) is 7.11 Å². The maximum absolute atomic E-state index is 10.5. The van der Waals surface area contributed by atoms with Crippen molar-refractivity contribution in [3.63, 3.8) is 0 Å². The Bertz CT molecular complexity index is 176. The highest BCUT2D eigenvalue weighted by Crippen LogP contribution is 1.97. The highest BCUT2D eigenvalue weighted by Gasteiger charge is 2.13. The van der Waals surface area contributed by atoms with Crippen LogP contribution in [0.5, 0.6) is 0 Å². The number of hydrogen-bond donors (Lipinski definition) is 2. The normalized spacial score (nSPS) is 13.1. The van der Waals surface area contributed by atoms with Gasteiger partial charge in [0.25, 0.3) is 0 Å². The number of ether oxygens (including phenoxy) is 1. The Morgan fingerprint density at radius 1 is 1.47 bits per heavy atom. The minimum Gasteiger partial charge on any atom is -0.480 e. The molecule has 0 bridgehead atoms. The van der Waals surface area contributed by atoms with Crippen molar-refractivity contribution in [3.8, 4) is 0 Å². The minimum atomic E-state index is -0.932. The third kappa shape index (κ3) is 7.30. The summed E-state index contributed by atoms with van der Waals surface area (Å²) in [6.07, 6.45) is 1.53. The van der Waals surface area contributed by atoms with Gasteiger partial charge in [-0.3, -0.25) is 4.79 Å². The van der Waals surface area contributed by atoms with Crippen molar-refractivity contribution < 1.29 is 14.6 Å². The van der Waals surface area contributed by atoms with E-state index in [1.807, 2.05) is 0 Å². The lowest BCUT2D eigenvalue weighted by Crippen LogP contribution is -2.37. The lowest BCUT2D eigenvalue weighted by Gasteiger charge is -2.21. The van der Waals surface area contributed by atoms with Gasteiger partial charge in [-0.05, 0) is 19.4 Å². The van der Waals surface area contributed by atoms with E-state index < -0.39 is 12.0 Å². The summed E-state index contributed by atoms with van der Waals surface area (Å²) in [7, 11) is 1.66. The van der Waals surface area contributed by atoms with E-state index in [0.29, 0.717) is 19.6 Å². The summed E-state index contributed by atoms with van der Waals surface area (Å²) in [4.78, 5) is 12.7. The summed E-state index contributed by atoms with van der Waals surface area (Å²) < 4.78 is 4.98. The molecule has 0 aliphatic rings. The summed E-state index contributed by atoms with van der Waals surface area (Å²) in [5.41, 5.74) is 5.43. The molecule has 0 saturated carbocycles. The molecule has 5 heteroatoms. The quantitative estimate of drug-likeness (QED) is 0.576. The number of carboxylic acids is 1. The molecule has 0 saturated heterocycles. The van der Waals surface area contributed by atoms with Gasteiger partial charge in [-0.2, -0.15) is 0 Å². The van der Waals surface area contributed by atoms with Crippen molar-refractivity contribution in [3.05, 3.63) is 0 Å². The Morgan fingerprint density at radius 2 is 2.13 bits per heavy atom. The summed E-state index contributed by atoms with van der Waals surface area (Å²) >= 11 is 0. The first-order valence-corrected chi connectivity index (χ1v) is 5.31. The molecular weight excluding hydrogens is 196 g/mol. The maximum Gasteiger partial charge on any atom is 0.320 e. The summed E-state index contributed by atoms with van der Waals surface area (Å²) in [6, 6.07) is -0.757. The average Bonchev–Trinajstić information content (AvgIpc) is 2.21. The molecule has 0 aromatic rings. The van der Waals surface area contributed by atoms with Gasteiger partial charge in [-0.1, -0.05) is 6.92 Å². The molecule has 0 radical (unpaired) electrons. The van der Waals surface area contributed by atoms with E-state index in [2.05, 4.69) is 11.8 Å². The molecule has 0 aliphatic heterocycles. The largest absolute Gasteiger partial charge is 0.480 e. The molecular formula is C10H22N2O3. The van der Waals surface area contributed by atoms with Crippen LogP contribution in [0, 0.1) is 0 Å². The zero-order valence-corrected chi connectivity index (χ0v) is 9.61. The highest BCUT2D eigenvalue weighted by molar-refractivity contribution is 5.72. The first-order valence-electron chi connectivity index (χ1n) is 5.31. The van der Waals surface area contributed by atoms with E-state index in [1.165, 1.54) is 0 Å². The smallest absolute Gasteiger partial charge is 0.320 e. The van der Waals surface area contributed by atoms with E-state index in [9.17, 15) is 4.79 Å². The van der Waals surface area contributed by atoms with E-state index in [-0.39, 0.29) is 0 Å². The Kier molecular flexibility index (Phi) is 8.27. The summed E-state index contributed by atoms with van der Waals surface area (Å²) in [6.45, 7) is 5.26. The zero-order chi connectivity index (χ0) is 11.7. The molecule has 5 nitrogen and oxygen atoms in total. The van der Waals surface area contributed by atoms with Crippen LogP contribution >= 0.6 is 0 Å². The van der Waals surface area contributed by atoms with Crippen molar-refractivity contribution in [2.75, 3.05) is 33.4 Å². The van der Waals surface area contributed by atoms with Crippen LogP contribution in [-0.4, -0.2) is 55.4 Å². The third-order valence-electron chi connectivity index (χ3n) is 2.23. The number of aliphatic carboxylic acids is 1. The Labute approximate surface area is 91.2 Å². The van der Waals surface area contributed by atoms with Gasteiger partial charge in [-0.15, -0.1) is 0 Å². The maximum atomic E-state index is 10.5. The van der Waals surface area contributed by atoms with Crippen LogP contribution in [0.15, 0.2) is 0 Å². The molecule has 3 N–H and O–H groups in total. The lowest BCUT2D eigenvalue weighted by atomic mass is 10.2. The first kappa shape index (κ1) is 14.3. The first-order chi connectivity index (χ1) is 7.11. The molecule has 0 aromatic heterocycles. The number of nitrogens with zero attached hydrogens (tertiary/aromatic N) is 1. The predicted molar refractivity (Wildman–Crippen MR) is 58.8 cm³/mol. The number of hydrogen-bond acceptors (Lipinski definition) is 4. The van der Waals surface area contributed by atoms with Crippen molar-refractivity contribution in [2.45, 2.75) is 25.8 Å². The molecule has 1 unspecified atom stereocenters. The Morgan fingerprint density at radius 3 is 2.60 bits per heavy atom. The molecule has 15 heavy (non-hydrogen) atoms. The minimum absolute atomic E-state index is 0.485. The van der Waals surface area contributed by atoms with Crippen molar-refractivity contribution in [1.29, 1.82) is 0 Å². The van der Waals surface area contributed by atoms with Crippen LogP contribution < -0.4 is 5.73 Å². The van der Waals surface area contributed by atoms with E-state index in [4.69, 9.17) is 15.6 Å². The monoisotopic (exact) mass is 218 g/mol. The van der Waals surface area contributed by atoms with Gasteiger partial charge in [0.2, 0.25) is 0 Å². The van der Waals surface area contributed by atoms with E-state index >= 15 is 0 Å². The van der Waals surface area contributed by atoms with Crippen LogP contribution in [-0.2, 0) is 9.53 Å². The van der Waals surface area contributed by atoms with Gasteiger partial charge < -0.3 is 20.5 Å². The van der Waals surface area contributed by atoms with Crippen LogP contribution in [0.2, 0.25) is 0 Å². The van der Waals surface area contributed by atoms with Gasteiger partial charge >= 0.3 is 5.97 Å². The molecule has 0 amide bonds. The lowest BCUT2D eigenvalue weighted by molar-refractivity contribution is -0.138. The van der Waals surface area contributed by atoms with Crippen molar-refractivity contribution in [2.24, 2.45) is 5.73 Å². The fourth-order valence-corrected chi connectivity index (χ4v) is 1.32. The number of nitrogens with two attached hydrogens (primary N) is 1. The van der Waals surface area contributed by atoms with Crippen LogP contribution in [0.25, 0.3) is 0 Å². The Balaban J connectivity index is 3.78. The molecule has 0 rings (SSSR count). The fourth-order valence-electron chi connectivity index (χ4n) is 1.32. The van der Waals surface area contributed by atoms with Crippen LogP contribution in [0.4, 0.5) is 0 Å². The number of carbonyl (C=O) groups is 1. The van der Waals surface area contributed by atoms with E-state index in [0.717, 1.165) is 19.5 Å². The molecule has 90 valence electrons. The van der Waals surface area contributed by atoms with Crippen LogP contribution in [0.3, 0.4) is 0 Å². The fraction of sp³-hybridized carbons (Fsp3) is 0.900. The number of rotatable bonds is 9. The molecule has 1 atom stereocenters. The molecule has 0 spiro atoms. The highest BCUT2D eigenvalue weighted by atomic mass is 16.5. The molecule has 0 aromatic carbocycles.